The topological polar surface area (TPSA) is 51.2 Å². The molecule has 0 aromatic carbocycles. The molecular formula is C24H32N2O2. The van der Waals surface area contributed by atoms with Crippen LogP contribution in [0, 0.1) is 34.5 Å². The van der Waals surface area contributed by atoms with Crippen molar-refractivity contribution in [2.45, 2.75) is 65.0 Å². The third kappa shape index (κ3) is 2.71. The Balaban J connectivity index is 1.42. The van der Waals surface area contributed by atoms with Crippen molar-refractivity contribution in [2.75, 3.05) is 0 Å². The largest absolute Gasteiger partial charge is 0.474 e. The number of aromatic nitrogens is 1. The Bertz CT molecular complexity index is 793. The number of nitrogens with one attached hydrogen (secondary N) is 1. The third-order valence-electron chi connectivity index (χ3n) is 8.71. The number of amides is 1. The molecule has 4 nitrogen and oxygen atoms in total. The van der Waals surface area contributed by atoms with E-state index in [1.807, 2.05) is 24.4 Å². The molecule has 150 valence electrons. The molecule has 3 unspecified atom stereocenters. The average molecular weight is 381 g/mol. The summed E-state index contributed by atoms with van der Waals surface area (Å²) in [7, 11) is 0. The molecule has 28 heavy (non-hydrogen) atoms. The molecule has 1 amide bonds. The molecule has 1 N–H and O–H groups in total. The van der Waals surface area contributed by atoms with Crippen molar-refractivity contribution in [1.82, 2.24) is 10.3 Å². The Morgan fingerprint density at radius 2 is 2.07 bits per heavy atom. The van der Waals surface area contributed by atoms with Crippen LogP contribution in [0.5, 0.6) is 5.88 Å². The zero-order chi connectivity index (χ0) is 19.5. The molecule has 2 heterocycles. The maximum absolute atomic E-state index is 12.0. The van der Waals surface area contributed by atoms with Crippen LogP contribution in [-0.4, -0.2) is 23.0 Å². The minimum absolute atomic E-state index is 0.0819. The van der Waals surface area contributed by atoms with E-state index in [1.165, 1.54) is 12.8 Å². The average Bonchev–Trinajstić information content (AvgIpc) is 3.00. The molecule has 1 aromatic rings. The molecule has 0 saturated heterocycles. The number of carbonyl (C=O) groups is 1. The third-order valence-corrected chi connectivity index (χ3v) is 8.71. The first-order valence-corrected chi connectivity index (χ1v) is 11.0. The van der Waals surface area contributed by atoms with Gasteiger partial charge in [0.2, 0.25) is 11.8 Å². The number of pyridine rings is 1. The van der Waals surface area contributed by atoms with Gasteiger partial charge in [0.15, 0.2) is 0 Å². The first-order chi connectivity index (χ1) is 13.4. The smallest absolute Gasteiger partial charge is 0.243 e. The number of rotatable bonds is 2. The van der Waals surface area contributed by atoms with E-state index >= 15 is 0 Å². The second kappa shape index (κ2) is 6.33. The Hall–Kier alpha value is -1.84. The number of nitrogens with zero attached hydrogens (tertiary/aromatic N) is 1. The minimum atomic E-state index is 0.0819. The van der Waals surface area contributed by atoms with E-state index in [4.69, 9.17) is 4.74 Å². The van der Waals surface area contributed by atoms with Gasteiger partial charge in [0.05, 0.1) is 0 Å². The van der Waals surface area contributed by atoms with Gasteiger partial charge in [-0.3, -0.25) is 4.79 Å². The molecule has 5 rings (SSSR count). The van der Waals surface area contributed by atoms with E-state index < -0.39 is 0 Å². The van der Waals surface area contributed by atoms with Gasteiger partial charge in [0.1, 0.15) is 6.10 Å². The molecule has 0 radical (unpaired) electrons. The van der Waals surface area contributed by atoms with Crippen molar-refractivity contribution in [3.8, 4) is 5.88 Å². The lowest BCUT2D eigenvalue weighted by molar-refractivity contribution is -0.124. The minimum Gasteiger partial charge on any atom is -0.474 e. The summed E-state index contributed by atoms with van der Waals surface area (Å²) in [6.45, 7) is 7.30. The van der Waals surface area contributed by atoms with E-state index in [9.17, 15) is 4.79 Å². The standard InChI is InChI=1S/C24H32N2O2/c1-15-12-19-24(3,10-8-20(27)26-19)17-7-9-23(2)14-16(13-18(23)22(15)17)28-21-6-4-5-11-25-21/h4-6,8,10-11,15-19,22H,7,9,12-14H2,1-3H3,(H,26,27)/t15?,16?,17-,18+,19?,22-,23-,24-/m1/s1. The highest BCUT2D eigenvalue weighted by Crippen LogP contribution is 2.64. The fourth-order valence-electron chi connectivity index (χ4n) is 7.36. The van der Waals surface area contributed by atoms with Crippen LogP contribution in [-0.2, 0) is 4.79 Å². The van der Waals surface area contributed by atoms with Crippen LogP contribution in [0.2, 0.25) is 0 Å². The maximum atomic E-state index is 12.0. The fraction of sp³-hybridized carbons (Fsp3) is 0.667. The predicted octanol–water partition coefficient (Wildman–Crippen LogP) is 4.37. The van der Waals surface area contributed by atoms with Gasteiger partial charge in [0.25, 0.3) is 0 Å². The van der Waals surface area contributed by atoms with Crippen LogP contribution in [0.15, 0.2) is 36.5 Å². The molecule has 4 heteroatoms. The fourth-order valence-corrected chi connectivity index (χ4v) is 7.36. The summed E-state index contributed by atoms with van der Waals surface area (Å²) in [5.41, 5.74) is 0.450. The van der Waals surface area contributed by atoms with E-state index in [0.29, 0.717) is 29.1 Å². The van der Waals surface area contributed by atoms with E-state index in [1.54, 1.807) is 6.08 Å². The first-order valence-electron chi connectivity index (χ1n) is 11.0. The SMILES string of the molecule is CC1CC2NC(=O)C=C[C@]2(C)[C@@H]2CC[C@]3(C)CC(Oc4ccccn4)C[C@H]3[C@H]12. The van der Waals surface area contributed by atoms with Gasteiger partial charge in [-0.15, -0.1) is 0 Å². The quantitative estimate of drug-likeness (QED) is 0.829. The van der Waals surface area contributed by atoms with Gasteiger partial charge in [-0.1, -0.05) is 32.9 Å². The highest BCUT2D eigenvalue weighted by atomic mass is 16.5. The van der Waals surface area contributed by atoms with Gasteiger partial charge in [0, 0.05) is 23.7 Å². The summed E-state index contributed by atoms with van der Waals surface area (Å²) >= 11 is 0. The van der Waals surface area contributed by atoms with Crippen molar-refractivity contribution in [2.24, 2.45) is 34.5 Å². The number of hydrogen-bond donors (Lipinski definition) is 1. The molecule has 0 spiro atoms. The van der Waals surface area contributed by atoms with Crippen molar-refractivity contribution < 1.29 is 9.53 Å². The molecule has 0 bridgehead atoms. The Morgan fingerprint density at radius 1 is 1.21 bits per heavy atom. The Morgan fingerprint density at radius 3 is 2.86 bits per heavy atom. The number of ether oxygens (including phenoxy) is 1. The zero-order valence-electron chi connectivity index (χ0n) is 17.2. The summed E-state index contributed by atoms with van der Waals surface area (Å²) in [4.78, 5) is 16.3. The summed E-state index contributed by atoms with van der Waals surface area (Å²) in [5, 5.41) is 3.27. The Labute approximate surface area is 168 Å². The lowest BCUT2D eigenvalue weighted by Crippen LogP contribution is -2.61. The lowest BCUT2D eigenvalue weighted by Gasteiger charge is -2.60. The van der Waals surface area contributed by atoms with E-state index in [0.717, 1.165) is 25.1 Å². The normalized spacial score (nSPS) is 46.9. The van der Waals surface area contributed by atoms with Crippen molar-refractivity contribution in [3.05, 3.63) is 36.5 Å². The maximum Gasteiger partial charge on any atom is 0.243 e. The molecule has 3 aliphatic carbocycles. The van der Waals surface area contributed by atoms with Crippen LogP contribution in [0.4, 0.5) is 0 Å². The summed E-state index contributed by atoms with van der Waals surface area (Å²) in [6, 6.07) is 6.19. The van der Waals surface area contributed by atoms with Gasteiger partial charge in [-0.2, -0.15) is 0 Å². The van der Waals surface area contributed by atoms with Gasteiger partial charge in [-0.05, 0) is 73.3 Å². The summed E-state index contributed by atoms with van der Waals surface area (Å²) < 4.78 is 6.31. The summed E-state index contributed by atoms with van der Waals surface area (Å²) in [5.74, 6) is 3.51. The predicted molar refractivity (Wildman–Crippen MR) is 109 cm³/mol. The number of hydrogen-bond acceptors (Lipinski definition) is 3. The van der Waals surface area contributed by atoms with E-state index in [2.05, 4.69) is 37.1 Å². The number of carbonyl (C=O) groups excluding carboxylic acids is 1. The molecule has 3 fully saturated rings. The number of fused-ring (bicyclic) bond motifs is 5. The molecular weight excluding hydrogens is 348 g/mol. The highest BCUT2D eigenvalue weighted by Gasteiger charge is 2.60. The highest BCUT2D eigenvalue weighted by molar-refractivity contribution is 5.89. The van der Waals surface area contributed by atoms with Crippen LogP contribution < -0.4 is 10.1 Å². The van der Waals surface area contributed by atoms with Crippen LogP contribution in [0.25, 0.3) is 0 Å². The molecule has 1 aliphatic heterocycles. The van der Waals surface area contributed by atoms with Crippen molar-refractivity contribution in [3.63, 3.8) is 0 Å². The second-order valence-corrected chi connectivity index (χ2v) is 10.3. The molecule has 4 aliphatic rings. The molecule has 1 aromatic heterocycles. The van der Waals surface area contributed by atoms with Crippen LogP contribution >= 0.6 is 0 Å². The lowest BCUT2D eigenvalue weighted by atomic mass is 9.46. The monoisotopic (exact) mass is 380 g/mol. The van der Waals surface area contributed by atoms with Gasteiger partial charge >= 0.3 is 0 Å². The van der Waals surface area contributed by atoms with E-state index in [-0.39, 0.29) is 23.5 Å². The molecule has 8 atom stereocenters. The zero-order valence-corrected chi connectivity index (χ0v) is 17.2. The van der Waals surface area contributed by atoms with Crippen LogP contribution in [0.1, 0.15) is 52.9 Å². The van der Waals surface area contributed by atoms with Crippen molar-refractivity contribution >= 4 is 5.91 Å². The van der Waals surface area contributed by atoms with Crippen LogP contribution in [0.3, 0.4) is 0 Å². The molecule has 3 saturated carbocycles. The summed E-state index contributed by atoms with van der Waals surface area (Å²) in [6.07, 6.45) is 12.0. The van der Waals surface area contributed by atoms with Crippen molar-refractivity contribution in [1.29, 1.82) is 0 Å². The second-order valence-electron chi connectivity index (χ2n) is 10.3. The Kier molecular flexibility index (Phi) is 4.12. The van der Waals surface area contributed by atoms with Gasteiger partial charge in [-0.25, -0.2) is 4.98 Å². The first kappa shape index (κ1) is 18.2. The van der Waals surface area contributed by atoms with Gasteiger partial charge < -0.3 is 10.1 Å².